The Hall–Kier alpha value is 0.180. The molecule has 1 unspecified atom stereocenters. The van der Waals surface area contributed by atoms with E-state index in [4.69, 9.17) is 15.3 Å². The zero-order valence-corrected chi connectivity index (χ0v) is 11.6. The average Bonchev–Trinajstić information content (AvgIpc) is 2.15. The Morgan fingerprint density at radius 2 is 1.76 bits per heavy atom. The van der Waals surface area contributed by atoms with Gasteiger partial charge in [-0.2, -0.15) is 4.31 Å². The molecular weight excluding hydrogens is 308 g/mol. The summed E-state index contributed by atoms with van der Waals surface area (Å²) in [6.07, 6.45) is 0. The standard InChI is InChI=1S/C6H9NO6P2S2/c7-14(8,12-15(9,10)11)13-17-16-6-4-2-1-3-5-6/h1-5H,(H2,7,8)(H2,9,10,11). The number of hydrogen-bond acceptors (Lipinski definition) is 6. The Kier molecular flexibility index (Phi) is 5.72. The zero-order valence-electron chi connectivity index (χ0n) is 8.20. The third-order valence-electron chi connectivity index (χ3n) is 1.23. The summed E-state index contributed by atoms with van der Waals surface area (Å²) in [6.45, 7) is 0. The van der Waals surface area contributed by atoms with Crippen molar-refractivity contribution in [2.45, 2.75) is 4.90 Å². The van der Waals surface area contributed by atoms with Crippen LogP contribution >= 0.6 is 37.4 Å². The van der Waals surface area contributed by atoms with E-state index in [2.05, 4.69) is 8.28 Å². The third-order valence-corrected chi connectivity index (χ3v) is 5.93. The molecule has 4 N–H and O–H groups in total. The predicted octanol–water partition coefficient (Wildman–Crippen LogP) is 2.53. The van der Waals surface area contributed by atoms with Crippen molar-refractivity contribution in [3.05, 3.63) is 30.3 Å². The summed E-state index contributed by atoms with van der Waals surface area (Å²) in [5.41, 5.74) is 4.95. The van der Waals surface area contributed by atoms with E-state index in [1.807, 2.05) is 6.07 Å². The maximum absolute atomic E-state index is 11.2. The Bertz CT molecular complexity index is 451. The Labute approximate surface area is 106 Å². The highest BCUT2D eigenvalue weighted by Gasteiger charge is 2.30. The fourth-order valence-corrected chi connectivity index (χ4v) is 4.69. The molecule has 0 bridgehead atoms. The molecule has 0 radical (unpaired) electrons. The van der Waals surface area contributed by atoms with Gasteiger partial charge >= 0.3 is 15.6 Å². The summed E-state index contributed by atoms with van der Waals surface area (Å²) in [5.74, 6) is 0. The Balaban J connectivity index is 2.41. The lowest BCUT2D eigenvalue weighted by Crippen LogP contribution is -1.98. The lowest BCUT2D eigenvalue weighted by Gasteiger charge is -2.11. The lowest BCUT2D eigenvalue weighted by molar-refractivity contribution is 0.270. The number of hydrogen-bond donors (Lipinski definition) is 3. The highest BCUT2D eigenvalue weighted by molar-refractivity contribution is 8.75. The average molecular weight is 317 g/mol. The van der Waals surface area contributed by atoms with Gasteiger partial charge < -0.3 is 9.79 Å². The molecule has 11 heteroatoms. The summed E-state index contributed by atoms with van der Waals surface area (Å²) in [4.78, 5) is 17.6. The molecule has 1 rings (SSSR count). The fourth-order valence-electron chi connectivity index (χ4n) is 0.735. The molecule has 7 nitrogen and oxygen atoms in total. The van der Waals surface area contributed by atoms with Gasteiger partial charge in [-0.3, -0.25) is 0 Å². The summed E-state index contributed by atoms with van der Waals surface area (Å²) in [5, 5.41) is 0. The molecule has 0 saturated carbocycles. The summed E-state index contributed by atoms with van der Waals surface area (Å²) in [6, 6.07) is 8.94. The first-order chi connectivity index (χ1) is 7.79. The Morgan fingerprint density at radius 3 is 2.29 bits per heavy atom. The number of rotatable bonds is 6. The first kappa shape index (κ1) is 15.2. The van der Waals surface area contributed by atoms with E-state index in [0.717, 1.165) is 15.7 Å². The minimum atomic E-state index is -4.94. The second-order valence-corrected chi connectivity index (χ2v) is 7.64. The van der Waals surface area contributed by atoms with E-state index in [1.165, 1.54) is 0 Å². The van der Waals surface area contributed by atoms with E-state index < -0.39 is 15.6 Å². The van der Waals surface area contributed by atoms with Gasteiger partial charge in [0, 0.05) is 4.90 Å². The van der Waals surface area contributed by atoms with Crippen molar-refractivity contribution in [3.63, 3.8) is 0 Å². The maximum atomic E-state index is 11.2. The minimum absolute atomic E-state index is 0.614. The second kappa shape index (κ2) is 6.38. The van der Waals surface area contributed by atoms with Crippen molar-refractivity contribution in [3.8, 4) is 0 Å². The molecule has 1 aromatic rings. The van der Waals surface area contributed by atoms with E-state index in [1.54, 1.807) is 24.3 Å². The monoisotopic (exact) mass is 317 g/mol. The van der Waals surface area contributed by atoms with Gasteiger partial charge in [-0.05, 0) is 22.9 Å². The molecule has 1 aromatic carbocycles. The normalized spacial score (nSPS) is 15.5. The van der Waals surface area contributed by atoms with Gasteiger partial charge in [0.15, 0.2) is 0 Å². The highest BCUT2D eigenvalue weighted by Crippen LogP contribution is 2.58. The SMILES string of the molecule is NP(=O)(OSSc1ccccc1)OP(=O)(O)O. The van der Waals surface area contributed by atoms with Crippen LogP contribution in [0.5, 0.6) is 0 Å². The minimum Gasteiger partial charge on any atom is -0.302 e. The van der Waals surface area contributed by atoms with Crippen LogP contribution in [0.3, 0.4) is 0 Å². The molecule has 17 heavy (non-hydrogen) atoms. The molecule has 0 spiro atoms. The van der Waals surface area contributed by atoms with Crippen LogP contribution in [0.2, 0.25) is 0 Å². The van der Waals surface area contributed by atoms with Crippen LogP contribution in [-0.2, 0) is 17.4 Å². The van der Waals surface area contributed by atoms with Crippen molar-refractivity contribution in [1.29, 1.82) is 0 Å². The summed E-state index contributed by atoms with van der Waals surface area (Å²) >= 11 is 0.614. The first-order valence-corrected chi connectivity index (χ1v) is 9.24. The Morgan fingerprint density at radius 1 is 1.18 bits per heavy atom. The molecule has 0 aliphatic carbocycles. The molecule has 0 saturated heterocycles. The first-order valence-electron chi connectivity index (χ1n) is 4.02. The van der Waals surface area contributed by atoms with Gasteiger partial charge in [-0.15, -0.1) is 0 Å². The fraction of sp³-hybridized carbons (Fsp3) is 0. The van der Waals surface area contributed by atoms with Gasteiger partial charge in [0.25, 0.3) is 0 Å². The molecule has 0 aliphatic heterocycles. The van der Waals surface area contributed by atoms with E-state index in [9.17, 15) is 9.13 Å². The highest BCUT2D eigenvalue weighted by atomic mass is 33.1. The van der Waals surface area contributed by atoms with Gasteiger partial charge in [-0.25, -0.2) is 18.6 Å². The molecule has 0 amide bonds. The van der Waals surface area contributed by atoms with E-state index in [-0.39, 0.29) is 0 Å². The van der Waals surface area contributed by atoms with Crippen LogP contribution in [0, 0.1) is 0 Å². The lowest BCUT2D eigenvalue weighted by atomic mass is 10.4. The molecule has 0 fully saturated rings. The van der Waals surface area contributed by atoms with E-state index in [0.29, 0.717) is 11.1 Å². The van der Waals surface area contributed by atoms with Crippen LogP contribution in [0.4, 0.5) is 0 Å². The number of nitrogens with two attached hydrogens (primary N) is 1. The summed E-state index contributed by atoms with van der Waals surface area (Å²) in [7, 11) is -8.12. The molecular formula is C6H9NO6P2S2. The number of benzene rings is 1. The van der Waals surface area contributed by atoms with Crippen molar-refractivity contribution >= 4 is 37.4 Å². The van der Waals surface area contributed by atoms with Crippen LogP contribution in [0.1, 0.15) is 0 Å². The number of phosphoric acid groups is 1. The van der Waals surface area contributed by atoms with Crippen LogP contribution in [0.15, 0.2) is 35.2 Å². The largest absolute Gasteiger partial charge is 0.477 e. The second-order valence-electron chi connectivity index (χ2n) is 2.65. The van der Waals surface area contributed by atoms with Crippen molar-refractivity contribution in [2.24, 2.45) is 5.50 Å². The van der Waals surface area contributed by atoms with Crippen LogP contribution in [-0.4, -0.2) is 9.79 Å². The van der Waals surface area contributed by atoms with Gasteiger partial charge in [0.1, 0.15) is 0 Å². The van der Waals surface area contributed by atoms with Crippen molar-refractivity contribution in [1.82, 2.24) is 0 Å². The quantitative estimate of drug-likeness (QED) is 0.413. The molecule has 1 atom stereocenters. The van der Waals surface area contributed by atoms with Crippen molar-refractivity contribution < 1.29 is 27.2 Å². The third kappa shape index (κ3) is 7.25. The molecule has 0 aliphatic rings. The molecule has 0 aromatic heterocycles. The smallest absolute Gasteiger partial charge is 0.302 e. The molecule has 0 heterocycles. The van der Waals surface area contributed by atoms with Crippen LogP contribution in [0.25, 0.3) is 0 Å². The van der Waals surface area contributed by atoms with Crippen LogP contribution < -0.4 is 5.50 Å². The van der Waals surface area contributed by atoms with Gasteiger partial charge in [0.2, 0.25) is 0 Å². The van der Waals surface area contributed by atoms with E-state index >= 15 is 0 Å². The summed E-state index contributed by atoms with van der Waals surface area (Å²) < 4.78 is 29.9. The van der Waals surface area contributed by atoms with Gasteiger partial charge in [0.05, 0.1) is 11.1 Å². The topological polar surface area (TPSA) is 119 Å². The molecule has 96 valence electrons. The predicted molar refractivity (Wildman–Crippen MR) is 65.9 cm³/mol. The zero-order chi connectivity index (χ0) is 12.9. The van der Waals surface area contributed by atoms with Crippen molar-refractivity contribution in [2.75, 3.05) is 0 Å². The van der Waals surface area contributed by atoms with Gasteiger partial charge in [-0.1, -0.05) is 18.2 Å². The maximum Gasteiger partial charge on any atom is 0.477 e.